The number of furan rings is 1. The molecule has 0 saturated carbocycles. The van der Waals surface area contributed by atoms with E-state index < -0.39 is 0 Å². The maximum Gasteiger partial charge on any atom is 0.137 e. The smallest absolute Gasteiger partial charge is 0.137 e. The van der Waals surface area contributed by atoms with Gasteiger partial charge in [0.25, 0.3) is 0 Å². The van der Waals surface area contributed by atoms with Crippen LogP contribution in [0.4, 0.5) is 17.1 Å². The normalized spacial score (nSPS) is 12.8. The van der Waals surface area contributed by atoms with Crippen molar-refractivity contribution in [1.82, 2.24) is 0 Å². The Bertz CT molecular complexity index is 2220. The van der Waals surface area contributed by atoms with E-state index in [0.29, 0.717) is 0 Å². The summed E-state index contributed by atoms with van der Waals surface area (Å²) >= 11 is 0. The van der Waals surface area contributed by atoms with E-state index in [9.17, 15) is 0 Å². The van der Waals surface area contributed by atoms with Gasteiger partial charge in [-0.25, -0.2) is 0 Å². The van der Waals surface area contributed by atoms with Gasteiger partial charge in [-0.05, 0) is 76.0 Å². The van der Waals surface area contributed by atoms with E-state index in [1.54, 1.807) is 6.08 Å². The third kappa shape index (κ3) is 3.77. The van der Waals surface area contributed by atoms with Crippen LogP contribution >= 0.6 is 0 Å². The molecule has 198 valence electrons. The summed E-state index contributed by atoms with van der Waals surface area (Å²) in [6, 6.07) is 43.9. The Hall–Kier alpha value is -5.74. The van der Waals surface area contributed by atoms with Crippen LogP contribution in [0.25, 0.3) is 49.9 Å². The molecule has 7 aromatic rings. The van der Waals surface area contributed by atoms with E-state index in [-0.39, 0.29) is 11.4 Å². The molecule has 0 amide bonds. The number of allylic oxidation sites excluding steroid dienone is 1. The fourth-order valence-electron chi connectivity index (χ4n) is 6.08. The highest BCUT2D eigenvalue weighted by Gasteiger charge is 2.22. The molecule has 1 aromatic heterocycles. The Morgan fingerprint density at radius 3 is 2.12 bits per heavy atom. The largest absolute Gasteiger partial charge is 0.456 e. The average molecular weight is 540 g/mol. The quantitative estimate of drug-likeness (QED) is 0.234. The molecule has 42 heavy (non-hydrogen) atoms. The number of hydrogen-bond acceptors (Lipinski definition) is 4. The zero-order valence-corrected chi connectivity index (χ0v) is 22.6. The monoisotopic (exact) mass is 539 g/mol. The Morgan fingerprint density at radius 2 is 1.26 bits per heavy atom. The molecule has 6 aromatic carbocycles. The Morgan fingerprint density at radius 1 is 0.548 bits per heavy atom. The van der Waals surface area contributed by atoms with Crippen LogP contribution in [0.1, 0.15) is 11.1 Å². The van der Waals surface area contributed by atoms with Gasteiger partial charge in [0.2, 0.25) is 0 Å². The van der Waals surface area contributed by atoms with E-state index in [2.05, 4.69) is 89.8 Å². The SMILES string of the molecule is N=C1C=Cc2ccc3ccc(N(c4ccc(-c5ccccc5)cc4)c4cccc5oc6ccccc6c45)cc3c2C1=N. The number of nitrogens with zero attached hydrogens (tertiary/aromatic N) is 1. The van der Waals surface area contributed by atoms with Crippen LogP contribution in [-0.4, -0.2) is 11.4 Å². The number of hydrogen-bond donors (Lipinski definition) is 2. The highest BCUT2D eigenvalue weighted by Crippen LogP contribution is 2.44. The van der Waals surface area contributed by atoms with Gasteiger partial charge in [0.15, 0.2) is 0 Å². The molecule has 4 heteroatoms. The first kappa shape index (κ1) is 24.1. The highest BCUT2D eigenvalue weighted by atomic mass is 16.3. The van der Waals surface area contributed by atoms with E-state index in [1.807, 2.05) is 48.5 Å². The predicted octanol–water partition coefficient (Wildman–Crippen LogP) is 10.3. The summed E-state index contributed by atoms with van der Waals surface area (Å²) in [6.45, 7) is 0. The summed E-state index contributed by atoms with van der Waals surface area (Å²) in [6.07, 6.45) is 3.63. The molecule has 8 rings (SSSR count). The van der Waals surface area contributed by atoms with Crippen LogP contribution in [0.15, 0.2) is 138 Å². The van der Waals surface area contributed by atoms with Crippen molar-refractivity contribution in [2.45, 2.75) is 0 Å². The standard InChI is InChI=1S/C38H25N3O/c39-32-22-18-27-14-13-26-17-21-29(23-31(26)36(27)38(32)40)41(28-19-15-25(16-20-28)24-7-2-1-3-8-24)33-10-6-12-35-37(33)30-9-4-5-11-34(30)42-35/h1-23,39-40H. The van der Waals surface area contributed by atoms with E-state index in [4.69, 9.17) is 15.2 Å². The topological polar surface area (TPSA) is 64.1 Å². The number of para-hydroxylation sites is 1. The molecule has 0 fully saturated rings. The first-order valence-electron chi connectivity index (χ1n) is 13.9. The molecular formula is C38H25N3O. The molecule has 2 N–H and O–H groups in total. The van der Waals surface area contributed by atoms with Crippen molar-refractivity contribution < 1.29 is 4.42 Å². The second kappa shape index (κ2) is 9.43. The fourth-order valence-corrected chi connectivity index (χ4v) is 6.08. The first-order valence-corrected chi connectivity index (χ1v) is 13.9. The van der Waals surface area contributed by atoms with Crippen LogP contribution in [0.2, 0.25) is 0 Å². The minimum absolute atomic E-state index is 0.225. The Kier molecular flexibility index (Phi) is 5.41. The van der Waals surface area contributed by atoms with Crippen molar-refractivity contribution >= 4 is 67.3 Å². The second-order valence-corrected chi connectivity index (χ2v) is 10.6. The second-order valence-electron chi connectivity index (χ2n) is 10.6. The number of benzene rings is 6. The molecule has 0 radical (unpaired) electrons. The Balaban J connectivity index is 1.39. The molecule has 1 aliphatic carbocycles. The number of anilines is 3. The molecule has 0 unspecified atom stereocenters. The highest BCUT2D eigenvalue weighted by molar-refractivity contribution is 6.53. The van der Waals surface area contributed by atoms with Gasteiger partial charge >= 0.3 is 0 Å². The summed E-state index contributed by atoms with van der Waals surface area (Å²) < 4.78 is 6.28. The Labute approximate surface area is 242 Å². The van der Waals surface area contributed by atoms with Crippen molar-refractivity contribution in [3.8, 4) is 11.1 Å². The fraction of sp³-hybridized carbons (Fsp3) is 0. The van der Waals surface area contributed by atoms with Gasteiger partial charge in [0.05, 0.1) is 22.5 Å². The van der Waals surface area contributed by atoms with Gasteiger partial charge in [-0.15, -0.1) is 0 Å². The van der Waals surface area contributed by atoms with Gasteiger partial charge in [0, 0.05) is 22.3 Å². The van der Waals surface area contributed by atoms with Gasteiger partial charge in [-0.3, -0.25) is 10.8 Å². The lowest BCUT2D eigenvalue weighted by Crippen LogP contribution is -2.16. The minimum atomic E-state index is 0.225. The molecule has 4 nitrogen and oxygen atoms in total. The van der Waals surface area contributed by atoms with E-state index in [1.165, 1.54) is 5.56 Å². The van der Waals surface area contributed by atoms with Crippen LogP contribution < -0.4 is 4.90 Å². The molecular weight excluding hydrogens is 514 g/mol. The lowest BCUT2D eigenvalue weighted by Gasteiger charge is -2.27. The minimum Gasteiger partial charge on any atom is -0.456 e. The molecule has 0 aliphatic heterocycles. The summed E-state index contributed by atoms with van der Waals surface area (Å²) in [5, 5.41) is 21.2. The molecule has 0 bridgehead atoms. The van der Waals surface area contributed by atoms with E-state index >= 15 is 0 Å². The summed E-state index contributed by atoms with van der Waals surface area (Å²) in [4.78, 5) is 2.27. The third-order valence-corrected chi connectivity index (χ3v) is 8.10. The van der Waals surface area contributed by atoms with Crippen LogP contribution in [0.5, 0.6) is 0 Å². The maximum absolute atomic E-state index is 8.75. The summed E-state index contributed by atoms with van der Waals surface area (Å²) in [5.41, 5.74) is 9.23. The lowest BCUT2D eigenvalue weighted by molar-refractivity contribution is 0.669. The van der Waals surface area contributed by atoms with Crippen molar-refractivity contribution in [3.63, 3.8) is 0 Å². The van der Waals surface area contributed by atoms with Crippen molar-refractivity contribution in [2.24, 2.45) is 0 Å². The van der Waals surface area contributed by atoms with Gasteiger partial charge < -0.3 is 9.32 Å². The first-order chi connectivity index (χ1) is 20.7. The number of fused-ring (bicyclic) bond motifs is 6. The van der Waals surface area contributed by atoms with Crippen LogP contribution in [-0.2, 0) is 0 Å². The lowest BCUT2D eigenvalue weighted by atomic mass is 9.89. The van der Waals surface area contributed by atoms with Gasteiger partial charge in [-0.1, -0.05) is 91.0 Å². The molecule has 1 aliphatic rings. The van der Waals surface area contributed by atoms with Crippen molar-refractivity contribution in [2.75, 3.05) is 4.90 Å². The predicted molar refractivity (Wildman–Crippen MR) is 175 cm³/mol. The summed E-state index contributed by atoms with van der Waals surface area (Å²) in [7, 11) is 0. The summed E-state index contributed by atoms with van der Waals surface area (Å²) in [5.74, 6) is 0. The number of nitrogens with one attached hydrogen (secondary N) is 2. The number of rotatable bonds is 4. The third-order valence-electron chi connectivity index (χ3n) is 8.10. The zero-order chi connectivity index (χ0) is 28.2. The van der Waals surface area contributed by atoms with E-state index in [0.717, 1.165) is 66.5 Å². The van der Waals surface area contributed by atoms with Crippen molar-refractivity contribution in [3.05, 3.63) is 145 Å². The molecule has 1 heterocycles. The maximum atomic E-state index is 8.75. The van der Waals surface area contributed by atoms with Gasteiger partial charge in [-0.2, -0.15) is 0 Å². The van der Waals surface area contributed by atoms with Gasteiger partial charge in [0.1, 0.15) is 11.2 Å². The zero-order valence-electron chi connectivity index (χ0n) is 22.6. The molecule has 0 saturated heterocycles. The molecule has 0 spiro atoms. The van der Waals surface area contributed by atoms with Crippen LogP contribution in [0.3, 0.4) is 0 Å². The molecule has 0 atom stereocenters. The van der Waals surface area contributed by atoms with Crippen molar-refractivity contribution in [1.29, 1.82) is 10.8 Å². The van der Waals surface area contributed by atoms with Crippen LogP contribution in [0, 0.1) is 10.8 Å². The average Bonchev–Trinajstić information content (AvgIpc) is 3.43.